The molecular weight excluding hydrogens is 477 g/mol. The van der Waals surface area contributed by atoms with Gasteiger partial charge in [-0.05, 0) is 38.1 Å². The number of hydrogen-bond donors (Lipinski definition) is 1. The number of nitrogens with zero attached hydrogens (tertiary/aromatic N) is 5. The third kappa shape index (κ3) is 5.60. The normalized spacial score (nSPS) is 11.7. The van der Waals surface area contributed by atoms with Crippen LogP contribution >= 0.6 is 22.9 Å². The zero-order chi connectivity index (χ0) is 23.6. The van der Waals surface area contributed by atoms with Crippen LogP contribution in [0.15, 0.2) is 49.2 Å². The first-order chi connectivity index (χ1) is 15.7. The standard InChI is InChI=1S/C21H18ClF3N6OS/c1-12(2)32-17-4-3-13(5-16(17)22)20-28-9-15(33-20)8-27-14-6-18(21(23,24)25)30-19(7-14)31-11-26-10-29-31/h3-7,9-12H,8H2,1-2H3,(H,27,30). The lowest BCUT2D eigenvalue weighted by Gasteiger charge is -2.12. The number of ether oxygens (including phenoxy) is 1. The van der Waals surface area contributed by atoms with Crippen molar-refractivity contribution in [3.05, 3.63) is 64.8 Å². The van der Waals surface area contributed by atoms with E-state index in [1.165, 1.54) is 34.7 Å². The summed E-state index contributed by atoms with van der Waals surface area (Å²) in [5.41, 5.74) is 0.0430. The first-order valence-corrected chi connectivity index (χ1v) is 11.0. The first-order valence-electron chi connectivity index (χ1n) is 9.78. The SMILES string of the molecule is CC(C)Oc1ccc(-c2ncc(CNc3cc(-n4cncn4)nc(C(F)(F)F)c3)s2)cc1Cl. The largest absolute Gasteiger partial charge is 0.489 e. The molecule has 0 aliphatic heterocycles. The third-order valence-corrected chi connectivity index (χ3v) is 5.66. The number of anilines is 1. The fraction of sp³-hybridized carbons (Fsp3) is 0.238. The molecule has 4 aromatic rings. The summed E-state index contributed by atoms with van der Waals surface area (Å²) in [4.78, 5) is 12.6. The molecule has 0 spiro atoms. The molecule has 12 heteroatoms. The van der Waals surface area contributed by atoms with E-state index in [1.807, 2.05) is 19.9 Å². The van der Waals surface area contributed by atoms with Gasteiger partial charge in [0.05, 0.1) is 17.7 Å². The Kier molecular flexibility index (Phi) is 6.52. The van der Waals surface area contributed by atoms with Crippen LogP contribution in [0.3, 0.4) is 0 Å². The molecule has 172 valence electrons. The molecule has 0 radical (unpaired) electrons. The Labute approximate surface area is 196 Å². The lowest BCUT2D eigenvalue weighted by molar-refractivity contribution is -0.141. The number of aromatic nitrogens is 5. The fourth-order valence-corrected chi connectivity index (χ4v) is 3.98. The van der Waals surface area contributed by atoms with Crippen LogP contribution in [0.5, 0.6) is 5.75 Å². The van der Waals surface area contributed by atoms with Crippen LogP contribution in [0.2, 0.25) is 5.02 Å². The molecular formula is C21H18ClF3N6OS. The van der Waals surface area contributed by atoms with Gasteiger partial charge in [0.15, 0.2) is 5.82 Å². The highest BCUT2D eigenvalue weighted by Gasteiger charge is 2.33. The Morgan fingerprint density at radius 1 is 1.21 bits per heavy atom. The highest BCUT2D eigenvalue weighted by Crippen LogP contribution is 2.34. The Morgan fingerprint density at radius 2 is 2.03 bits per heavy atom. The summed E-state index contributed by atoms with van der Waals surface area (Å²) in [5, 5.41) is 8.08. The van der Waals surface area contributed by atoms with Crippen molar-refractivity contribution in [1.82, 2.24) is 24.7 Å². The summed E-state index contributed by atoms with van der Waals surface area (Å²) in [5.74, 6) is 0.600. The summed E-state index contributed by atoms with van der Waals surface area (Å²) in [6, 6.07) is 7.85. The van der Waals surface area contributed by atoms with Gasteiger partial charge in [0.2, 0.25) is 0 Å². The van der Waals surface area contributed by atoms with Gasteiger partial charge in [-0.25, -0.2) is 19.6 Å². The van der Waals surface area contributed by atoms with Gasteiger partial charge >= 0.3 is 6.18 Å². The Bertz CT molecular complexity index is 1240. The van der Waals surface area contributed by atoms with Crippen LogP contribution in [0.25, 0.3) is 16.4 Å². The quantitative estimate of drug-likeness (QED) is 0.347. The number of halogens is 4. The molecule has 1 aromatic carbocycles. The van der Waals surface area contributed by atoms with Crippen molar-refractivity contribution in [3.63, 3.8) is 0 Å². The molecule has 0 atom stereocenters. The van der Waals surface area contributed by atoms with E-state index < -0.39 is 11.9 Å². The number of rotatable bonds is 7. The molecule has 0 aliphatic rings. The van der Waals surface area contributed by atoms with Crippen LogP contribution < -0.4 is 10.1 Å². The minimum atomic E-state index is -4.60. The zero-order valence-corrected chi connectivity index (χ0v) is 19.0. The number of nitrogens with one attached hydrogen (secondary N) is 1. The van der Waals surface area contributed by atoms with E-state index in [0.29, 0.717) is 10.8 Å². The zero-order valence-electron chi connectivity index (χ0n) is 17.5. The number of alkyl halides is 3. The molecule has 33 heavy (non-hydrogen) atoms. The minimum Gasteiger partial charge on any atom is -0.489 e. The minimum absolute atomic E-state index is 0.00186. The fourth-order valence-electron chi connectivity index (χ4n) is 2.90. The lowest BCUT2D eigenvalue weighted by Crippen LogP contribution is -2.12. The molecule has 0 fully saturated rings. The molecule has 0 saturated carbocycles. The van der Waals surface area contributed by atoms with E-state index >= 15 is 0 Å². The second-order valence-corrected chi connectivity index (χ2v) is 8.76. The molecule has 4 rings (SSSR count). The van der Waals surface area contributed by atoms with Gasteiger partial charge in [-0.15, -0.1) is 11.3 Å². The monoisotopic (exact) mass is 494 g/mol. The van der Waals surface area contributed by atoms with Crippen molar-refractivity contribution in [2.45, 2.75) is 32.7 Å². The Morgan fingerprint density at radius 3 is 2.70 bits per heavy atom. The maximum absolute atomic E-state index is 13.3. The van der Waals surface area contributed by atoms with Crippen molar-refractivity contribution in [2.24, 2.45) is 0 Å². The summed E-state index contributed by atoms with van der Waals surface area (Å²) >= 11 is 7.72. The van der Waals surface area contributed by atoms with Crippen molar-refractivity contribution in [1.29, 1.82) is 0 Å². The summed E-state index contributed by atoms with van der Waals surface area (Å²) in [6.07, 6.45) is -0.424. The van der Waals surface area contributed by atoms with Gasteiger partial charge in [0.1, 0.15) is 29.1 Å². The van der Waals surface area contributed by atoms with Crippen LogP contribution in [-0.2, 0) is 12.7 Å². The molecule has 7 nitrogen and oxygen atoms in total. The average molecular weight is 495 g/mol. The van der Waals surface area contributed by atoms with Crippen molar-refractivity contribution < 1.29 is 17.9 Å². The number of hydrogen-bond acceptors (Lipinski definition) is 7. The Balaban J connectivity index is 1.52. The van der Waals surface area contributed by atoms with Gasteiger partial charge in [0.25, 0.3) is 0 Å². The van der Waals surface area contributed by atoms with Crippen LogP contribution in [-0.4, -0.2) is 30.8 Å². The average Bonchev–Trinajstić information content (AvgIpc) is 3.45. The molecule has 0 bridgehead atoms. The molecule has 0 aliphatic carbocycles. The topological polar surface area (TPSA) is 77.8 Å². The molecule has 0 saturated heterocycles. The molecule has 1 N–H and O–H groups in total. The third-order valence-electron chi connectivity index (χ3n) is 4.32. The van der Waals surface area contributed by atoms with Crippen LogP contribution in [0.1, 0.15) is 24.4 Å². The predicted octanol–water partition coefficient (Wildman–Crippen LogP) is 5.86. The van der Waals surface area contributed by atoms with E-state index in [-0.39, 0.29) is 24.2 Å². The van der Waals surface area contributed by atoms with Crippen molar-refractivity contribution in [2.75, 3.05) is 5.32 Å². The van der Waals surface area contributed by atoms with E-state index in [4.69, 9.17) is 16.3 Å². The smallest absolute Gasteiger partial charge is 0.433 e. The number of thiazole rings is 1. The van der Waals surface area contributed by atoms with Gasteiger partial charge < -0.3 is 10.1 Å². The van der Waals surface area contributed by atoms with E-state index in [1.54, 1.807) is 18.3 Å². The maximum atomic E-state index is 13.3. The van der Waals surface area contributed by atoms with Gasteiger partial charge in [-0.2, -0.15) is 18.3 Å². The predicted molar refractivity (Wildman–Crippen MR) is 120 cm³/mol. The Hall–Kier alpha value is -3.18. The van der Waals surface area contributed by atoms with Gasteiger partial charge in [-0.1, -0.05) is 11.6 Å². The highest BCUT2D eigenvalue weighted by atomic mass is 35.5. The van der Waals surface area contributed by atoms with E-state index in [2.05, 4.69) is 25.4 Å². The number of pyridine rings is 1. The van der Waals surface area contributed by atoms with Crippen molar-refractivity contribution >= 4 is 28.6 Å². The van der Waals surface area contributed by atoms with Gasteiger partial charge in [0, 0.05) is 28.4 Å². The summed E-state index contributed by atoms with van der Waals surface area (Å²) < 4.78 is 46.7. The van der Waals surface area contributed by atoms with E-state index in [0.717, 1.165) is 21.5 Å². The van der Waals surface area contributed by atoms with Gasteiger partial charge in [-0.3, -0.25) is 0 Å². The lowest BCUT2D eigenvalue weighted by atomic mass is 10.2. The molecule has 0 amide bonds. The first kappa shape index (κ1) is 23.0. The second-order valence-electron chi connectivity index (χ2n) is 7.23. The highest BCUT2D eigenvalue weighted by molar-refractivity contribution is 7.15. The number of benzene rings is 1. The molecule has 3 heterocycles. The maximum Gasteiger partial charge on any atom is 0.433 e. The molecule has 3 aromatic heterocycles. The summed E-state index contributed by atoms with van der Waals surface area (Å²) in [7, 11) is 0. The van der Waals surface area contributed by atoms with E-state index in [9.17, 15) is 13.2 Å². The van der Waals surface area contributed by atoms with Crippen molar-refractivity contribution in [3.8, 4) is 22.1 Å². The molecule has 0 unspecified atom stereocenters. The summed E-state index contributed by atoms with van der Waals surface area (Å²) in [6.45, 7) is 4.11. The second kappa shape index (κ2) is 9.36. The van der Waals surface area contributed by atoms with Crippen LogP contribution in [0, 0.1) is 0 Å². The van der Waals surface area contributed by atoms with Crippen LogP contribution in [0.4, 0.5) is 18.9 Å².